The lowest BCUT2D eigenvalue weighted by molar-refractivity contribution is 0.0954. The smallest absolute Gasteiger partial charge is 0.271 e. The van der Waals surface area contributed by atoms with Gasteiger partial charge in [-0.3, -0.25) is 9.78 Å². The number of hydrogen-bond acceptors (Lipinski definition) is 4. The number of carbonyl (C=O) groups is 1. The predicted octanol–water partition coefficient (Wildman–Crippen LogP) is 3.09. The molecule has 1 heterocycles. The van der Waals surface area contributed by atoms with E-state index >= 15 is 0 Å². The molecular weight excluding hydrogens is 290 g/mol. The number of nitrogens with zero attached hydrogens (tertiary/aromatic N) is 2. The molecule has 2 aromatic carbocycles. The normalized spacial score (nSPS) is 11.4. The van der Waals surface area contributed by atoms with E-state index < -0.39 is 0 Å². The Morgan fingerprint density at radius 1 is 1.09 bits per heavy atom. The van der Waals surface area contributed by atoms with Crippen LogP contribution in [0.25, 0.3) is 10.8 Å². The van der Waals surface area contributed by atoms with Gasteiger partial charge in [-0.05, 0) is 30.5 Å². The minimum absolute atomic E-state index is 0.155. The molecule has 0 fully saturated rings. The highest BCUT2D eigenvalue weighted by atomic mass is 16.3. The fourth-order valence-electron chi connectivity index (χ4n) is 2.31. The zero-order valence-electron chi connectivity index (χ0n) is 12.5. The van der Waals surface area contributed by atoms with E-state index in [4.69, 9.17) is 0 Å². The Hall–Kier alpha value is -3.21. The molecular formula is C18H15N3O2. The van der Waals surface area contributed by atoms with Crippen molar-refractivity contribution < 1.29 is 9.90 Å². The summed E-state index contributed by atoms with van der Waals surface area (Å²) in [5.74, 6) is -0.172. The first-order valence-electron chi connectivity index (χ1n) is 7.12. The minimum atomic E-state index is -0.327. The van der Waals surface area contributed by atoms with Crippen molar-refractivity contribution in [3.63, 3.8) is 0 Å². The summed E-state index contributed by atoms with van der Waals surface area (Å²) in [6.07, 6.45) is 3.08. The molecule has 3 aromatic rings. The molecule has 0 aliphatic heterocycles. The van der Waals surface area contributed by atoms with Crippen LogP contribution in [-0.2, 0) is 0 Å². The number of pyridine rings is 1. The van der Waals surface area contributed by atoms with Gasteiger partial charge in [-0.1, -0.05) is 30.3 Å². The van der Waals surface area contributed by atoms with Crippen LogP contribution >= 0.6 is 0 Å². The quantitative estimate of drug-likeness (QED) is 0.577. The van der Waals surface area contributed by atoms with Gasteiger partial charge in [-0.2, -0.15) is 5.10 Å². The molecule has 0 atom stereocenters. The van der Waals surface area contributed by atoms with E-state index in [2.05, 4.69) is 15.5 Å². The Morgan fingerprint density at radius 2 is 1.83 bits per heavy atom. The summed E-state index contributed by atoms with van der Waals surface area (Å²) in [4.78, 5) is 15.8. The molecule has 0 bridgehead atoms. The number of hydrogen-bond donors (Lipinski definition) is 2. The third-order valence-corrected chi connectivity index (χ3v) is 3.56. The summed E-state index contributed by atoms with van der Waals surface area (Å²) in [5.41, 5.74) is 4.06. The highest BCUT2D eigenvalue weighted by Crippen LogP contribution is 2.28. The zero-order chi connectivity index (χ0) is 16.2. The first kappa shape index (κ1) is 14.7. The first-order chi connectivity index (χ1) is 11.2. The van der Waals surface area contributed by atoms with Crippen molar-refractivity contribution in [1.82, 2.24) is 10.4 Å². The standard InChI is InChI=1S/C18H15N3O2/c1-12(20-21-18(23)14-8-10-19-11-9-14)15-7-6-13-4-2-3-5-16(13)17(15)22/h2-11,22H,1H3,(H,21,23). The van der Waals surface area contributed by atoms with Gasteiger partial charge in [0.15, 0.2) is 0 Å². The monoisotopic (exact) mass is 305 g/mol. The van der Waals surface area contributed by atoms with E-state index in [-0.39, 0.29) is 11.7 Å². The number of hydrazone groups is 1. The Labute approximate surface area is 133 Å². The largest absolute Gasteiger partial charge is 0.507 e. The molecule has 0 radical (unpaired) electrons. The Kier molecular flexibility index (Phi) is 4.01. The minimum Gasteiger partial charge on any atom is -0.507 e. The average molecular weight is 305 g/mol. The molecule has 1 aromatic heterocycles. The summed E-state index contributed by atoms with van der Waals surface area (Å²) in [7, 11) is 0. The summed E-state index contributed by atoms with van der Waals surface area (Å²) in [5, 5.41) is 16.2. The molecule has 5 nitrogen and oxygen atoms in total. The molecule has 5 heteroatoms. The van der Waals surface area contributed by atoms with E-state index in [1.807, 2.05) is 30.3 Å². The van der Waals surface area contributed by atoms with Crippen LogP contribution in [0, 0.1) is 0 Å². The number of phenols is 1. The second-order valence-corrected chi connectivity index (χ2v) is 5.06. The first-order valence-corrected chi connectivity index (χ1v) is 7.12. The maximum Gasteiger partial charge on any atom is 0.271 e. The van der Waals surface area contributed by atoms with E-state index in [1.54, 1.807) is 37.5 Å². The van der Waals surface area contributed by atoms with Crippen molar-refractivity contribution in [3.05, 3.63) is 72.1 Å². The lowest BCUT2D eigenvalue weighted by Gasteiger charge is -2.08. The van der Waals surface area contributed by atoms with Crippen molar-refractivity contribution in [3.8, 4) is 5.75 Å². The zero-order valence-corrected chi connectivity index (χ0v) is 12.5. The predicted molar refractivity (Wildman–Crippen MR) is 89.5 cm³/mol. The van der Waals surface area contributed by atoms with Gasteiger partial charge in [-0.15, -0.1) is 0 Å². The lowest BCUT2D eigenvalue weighted by atomic mass is 10.0. The van der Waals surface area contributed by atoms with E-state index in [9.17, 15) is 9.90 Å². The number of aromatic nitrogens is 1. The van der Waals surface area contributed by atoms with Crippen LogP contribution in [0.15, 0.2) is 66.0 Å². The number of phenolic OH excluding ortho intramolecular Hbond substituents is 1. The van der Waals surface area contributed by atoms with Crippen LogP contribution in [0.5, 0.6) is 5.75 Å². The molecule has 1 amide bonds. The van der Waals surface area contributed by atoms with Gasteiger partial charge in [0.1, 0.15) is 5.75 Å². The summed E-state index contributed by atoms with van der Waals surface area (Å²) >= 11 is 0. The van der Waals surface area contributed by atoms with Crippen LogP contribution in [-0.4, -0.2) is 21.7 Å². The Bertz CT molecular complexity index is 889. The number of carbonyl (C=O) groups excluding carboxylic acids is 1. The number of nitrogens with one attached hydrogen (secondary N) is 1. The SMILES string of the molecule is CC(=NNC(=O)c1ccncc1)c1ccc2ccccc2c1O. The third kappa shape index (κ3) is 3.03. The van der Waals surface area contributed by atoms with Gasteiger partial charge in [0.05, 0.1) is 5.71 Å². The fraction of sp³-hybridized carbons (Fsp3) is 0.0556. The third-order valence-electron chi connectivity index (χ3n) is 3.56. The van der Waals surface area contributed by atoms with E-state index in [0.29, 0.717) is 16.8 Å². The van der Waals surface area contributed by atoms with Crippen molar-refractivity contribution in [1.29, 1.82) is 0 Å². The lowest BCUT2D eigenvalue weighted by Crippen LogP contribution is -2.19. The maximum atomic E-state index is 12.0. The summed E-state index contributed by atoms with van der Waals surface area (Å²) in [6, 6.07) is 14.5. The van der Waals surface area contributed by atoms with Gasteiger partial charge < -0.3 is 5.11 Å². The number of aromatic hydroxyl groups is 1. The van der Waals surface area contributed by atoms with Crippen molar-refractivity contribution in [2.75, 3.05) is 0 Å². The second kappa shape index (κ2) is 6.27. The van der Waals surface area contributed by atoms with Gasteiger partial charge >= 0.3 is 0 Å². The molecule has 23 heavy (non-hydrogen) atoms. The fourth-order valence-corrected chi connectivity index (χ4v) is 2.31. The summed E-state index contributed by atoms with van der Waals surface area (Å²) in [6.45, 7) is 1.73. The molecule has 0 saturated heterocycles. The average Bonchev–Trinajstić information content (AvgIpc) is 2.60. The molecule has 3 rings (SSSR count). The van der Waals surface area contributed by atoms with Crippen molar-refractivity contribution in [2.45, 2.75) is 6.92 Å². The number of rotatable bonds is 3. The Balaban J connectivity index is 1.87. The molecule has 0 saturated carbocycles. The summed E-state index contributed by atoms with van der Waals surface area (Å²) < 4.78 is 0. The molecule has 114 valence electrons. The van der Waals surface area contributed by atoms with Crippen LogP contribution in [0.3, 0.4) is 0 Å². The van der Waals surface area contributed by atoms with Crippen molar-refractivity contribution >= 4 is 22.4 Å². The topological polar surface area (TPSA) is 74.6 Å². The highest BCUT2D eigenvalue weighted by Gasteiger charge is 2.09. The van der Waals surface area contributed by atoms with Crippen LogP contribution < -0.4 is 5.43 Å². The van der Waals surface area contributed by atoms with Crippen molar-refractivity contribution in [2.24, 2.45) is 5.10 Å². The van der Waals surface area contributed by atoms with E-state index in [1.165, 1.54) is 0 Å². The van der Waals surface area contributed by atoms with Crippen LogP contribution in [0.4, 0.5) is 0 Å². The molecule has 0 unspecified atom stereocenters. The maximum absolute atomic E-state index is 12.0. The number of fused-ring (bicyclic) bond motifs is 1. The highest BCUT2D eigenvalue weighted by molar-refractivity contribution is 6.07. The van der Waals surface area contributed by atoms with Gasteiger partial charge in [0, 0.05) is 28.9 Å². The van der Waals surface area contributed by atoms with E-state index in [0.717, 1.165) is 10.8 Å². The van der Waals surface area contributed by atoms with Crippen LogP contribution in [0.1, 0.15) is 22.8 Å². The molecule has 0 aliphatic rings. The molecule has 0 aliphatic carbocycles. The number of benzene rings is 2. The second-order valence-electron chi connectivity index (χ2n) is 5.06. The van der Waals surface area contributed by atoms with Crippen LogP contribution in [0.2, 0.25) is 0 Å². The number of amides is 1. The van der Waals surface area contributed by atoms with Gasteiger partial charge in [0.2, 0.25) is 0 Å². The Morgan fingerprint density at radius 3 is 2.61 bits per heavy atom. The molecule has 2 N–H and O–H groups in total. The van der Waals surface area contributed by atoms with Gasteiger partial charge in [0.25, 0.3) is 5.91 Å². The van der Waals surface area contributed by atoms with Gasteiger partial charge in [-0.25, -0.2) is 5.43 Å². The molecule has 0 spiro atoms.